The van der Waals surface area contributed by atoms with Gasteiger partial charge in [0.05, 0.1) is 9.75 Å². The highest BCUT2D eigenvalue weighted by Gasteiger charge is 2.77. The van der Waals surface area contributed by atoms with Crippen molar-refractivity contribution in [3.8, 4) is 0 Å². The number of allylic oxidation sites excluding steroid dienone is 2. The number of fused-ring (bicyclic) bond motifs is 1. The van der Waals surface area contributed by atoms with Gasteiger partial charge >= 0.3 is 0 Å². The molecule has 3 atom stereocenters. The Bertz CT molecular complexity index is 363. The number of carbonyl (C=O) groups excluding carboxylic acids is 1. The van der Waals surface area contributed by atoms with Crippen LogP contribution in [0.2, 0.25) is 0 Å². The molecule has 0 bridgehead atoms. The topological polar surface area (TPSA) is 17.1 Å². The van der Waals surface area contributed by atoms with E-state index in [0.717, 1.165) is 31.3 Å². The Morgan fingerprint density at radius 1 is 1.27 bits per heavy atom. The molecule has 3 heteroatoms. The van der Waals surface area contributed by atoms with E-state index in [-0.39, 0.29) is 21.4 Å². The number of hydrogen-bond acceptors (Lipinski definition) is 1. The van der Waals surface area contributed by atoms with Gasteiger partial charge in [-0.05, 0) is 30.9 Å². The Kier molecular flexibility index (Phi) is 2.04. The molecule has 0 unspecified atom stereocenters. The van der Waals surface area contributed by atoms with Crippen LogP contribution in [0.5, 0.6) is 0 Å². The maximum atomic E-state index is 11.6. The molecule has 0 amide bonds. The molecule has 0 aromatic rings. The van der Waals surface area contributed by atoms with Crippen molar-refractivity contribution in [2.75, 3.05) is 0 Å². The van der Waals surface area contributed by atoms with Gasteiger partial charge in [-0.15, -0.1) is 23.2 Å². The fourth-order valence-electron chi connectivity index (χ4n) is 3.38. The van der Waals surface area contributed by atoms with Gasteiger partial charge in [0.1, 0.15) is 0 Å². The van der Waals surface area contributed by atoms with Gasteiger partial charge in [-0.1, -0.05) is 12.8 Å². The molecular formula is C12H14Cl2O. The summed E-state index contributed by atoms with van der Waals surface area (Å²) in [6.07, 6.45) is 7.74. The Balaban J connectivity index is 2.04. The van der Waals surface area contributed by atoms with E-state index in [1.165, 1.54) is 6.42 Å². The van der Waals surface area contributed by atoms with Gasteiger partial charge in [0, 0.05) is 12.3 Å². The van der Waals surface area contributed by atoms with Gasteiger partial charge < -0.3 is 0 Å². The van der Waals surface area contributed by atoms with E-state index < -0.39 is 0 Å². The first kappa shape index (κ1) is 10.2. The molecule has 2 fully saturated rings. The van der Waals surface area contributed by atoms with Crippen LogP contribution in [0.25, 0.3) is 0 Å². The van der Waals surface area contributed by atoms with Crippen LogP contribution in [-0.2, 0) is 4.79 Å². The summed E-state index contributed by atoms with van der Waals surface area (Å²) in [7, 11) is 0. The minimum absolute atomic E-state index is 0.193. The highest BCUT2D eigenvalue weighted by atomic mass is 35.5. The molecule has 0 radical (unpaired) electrons. The van der Waals surface area contributed by atoms with Gasteiger partial charge in [0.2, 0.25) is 0 Å². The van der Waals surface area contributed by atoms with E-state index in [1.54, 1.807) is 6.08 Å². The molecule has 0 N–H and O–H groups in total. The van der Waals surface area contributed by atoms with Crippen molar-refractivity contribution in [1.82, 2.24) is 0 Å². The van der Waals surface area contributed by atoms with Crippen molar-refractivity contribution in [2.24, 2.45) is 5.92 Å². The van der Waals surface area contributed by atoms with Crippen molar-refractivity contribution >= 4 is 29.0 Å². The lowest BCUT2D eigenvalue weighted by atomic mass is 9.92. The first-order chi connectivity index (χ1) is 7.09. The molecule has 1 nitrogen and oxygen atoms in total. The average Bonchev–Trinajstić information content (AvgIpc) is 2.65. The van der Waals surface area contributed by atoms with Crippen molar-refractivity contribution in [1.29, 1.82) is 0 Å². The maximum absolute atomic E-state index is 11.6. The summed E-state index contributed by atoms with van der Waals surface area (Å²) in [5.41, 5.74) is 1.11. The Labute approximate surface area is 99.8 Å². The number of hydrogen-bond donors (Lipinski definition) is 0. The van der Waals surface area contributed by atoms with E-state index >= 15 is 0 Å². The fraction of sp³-hybridized carbons (Fsp3) is 0.750. The summed E-state index contributed by atoms with van der Waals surface area (Å²) < 4.78 is 0. The molecule has 0 aromatic heterocycles. The summed E-state index contributed by atoms with van der Waals surface area (Å²) in [5, 5.41) is 0. The molecule has 3 aliphatic rings. The van der Waals surface area contributed by atoms with Crippen LogP contribution in [0.4, 0.5) is 0 Å². The monoisotopic (exact) mass is 244 g/mol. The quantitative estimate of drug-likeness (QED) is 0.597. The molecule has 0 spiro atoms. The second kappa shape index (κ2) is 3.01. The summed E-state index contributed by atoms with van der Waals surface area (Å²) in [6, 6.07) is 0. The van der Waals surface area contributed by atoms with Crippen molar-refractivity contribution in [3.05, 3.63) is 11.6 Å². The SMILES string of the molecule is O=C1C=C2CCCCC[C@@]3(Cl)[C@@H](C1)[C@@]23Cl. The Morgan fingerprint density at radius 2 is 2.07 bits per heavy atom. The number of halogens is 2. The predicted molar refractivity (Wildman–Crippen MR) is 61.5 cm³/mol. The molecule has 3 aliphatic carbocycles. The largest absolute Gasteiger partial charge is 0.295 e. The molecule has 0 saturated heterocycles. The van der Waals surface area contributed by atoms with Gasteiger partial charge in [-0.25, -0.2) is 0 Å². The zero-order chi connectivity index (χ0) is 10.7. The number of rotatable bonds is 0. The van der Waals surface area contributed by atoms with E-state index in [1.807, 2.05) is 0 Å². The second-order valence-corrected chi connectivity index (χ2v) is 6.30. The zero-order valence-corrected chi connectivity index (χ0v) is 10.1. The molecule has 2 saturated carbocycles. The predicted octanol–water partition coefficient (Wildman–Crippen LogP) is 3.43. The van der Waals surface area contributed by atoms with Crippen LogP contribution in [0.1, 0.15) is 38.5 Å². The second-order valence-electron chi connectivity index (χ2n) is 5.03. The van der Waals surface area contributed by atoms with Crippen molar-refractivity contribution in [3.63, 3.8) is 0 Å². The van der Waals surface area contributed by atoms with Crippen LogP contribution in [0.15, 0.2) is 11.6 Å². The van der Waals surface area contributed by atoms with Gasteiger partial charge in [-0.2, -0.15) is 0 Å². The van der Waals surface area contributed by atoms with Gasteiger partial charge in [0.25, 0.3) is 0 Å². The molecule has 0 heterocycles. The van der Waals surface area contributed by atoms with Crippen LogP contribution < -0.4 is 0 Å². The molecule has 3 rings (SSSR count). The fourth-order valence-corrected chi connectivity index (χ4v) is 4.59. The molecule has 0 aromatic carbocycles. The minimum Gasteiger partial charge on any atom is -0.295 e. The van der Waals surface area contributed by atoms with Gasteiger partial charge in [-0.3, -0.25) is 4.79 Å². The summed E-state index contributed by atoms with van der Waals surface area (Å²) in [4.78, 5) is 10.9. The third-order valence-electron chi connectivity index (χ3n) is 4.25. The summed E-state index contributed by atoms with van der Waals surface area (Å²) in [5.74, 6) is 0.412. The smallest absolute Gasteiger partial charge is 0.156 e. The Morgan fingerprint density at radius 3 is 2.87 bits per heavy atom. The first-order valence-electron chi connectivity index (χ1n) is 5.71. The van der Waals surface area contributed by atoms with Crippen molar-refractivity contribution < 1.29 is 4.79 Å². The van der Waals surface area contributed by atoms with Crippen LogP contribution in [0, 0.1) is 5.92 Å². The third-order valence-corrected chi connectivity index (χ3v) is 5.94. The first-order valence-corrected chi connectivity index (χ1v) is 6.46. The lowest BCUT2D eigenvalue weighted by molar-refractivity contribution is -0.115. The number of ketones is 1. The summed E-state index contributed by atoms with van der Waals surface area (Å²) >= 11 is 13.3. The van der Waals surface area contributed by atoms with E-state index in [0.29, 0.717) is 6.42 Å². The Hall–Kier alpha value is -0.0100. The highest BCUT2D eigenvalue weighted by molar-refractivity contribution is 6.42. The number of carbonyl (C=O) groups is 1. The van der Waals surface area contributed by atoms with Crippen LogP contribution in [0.3, 0.4) is 0 Å². The standard InChI is InChI=1S/C12H14Cl2O/c13-11-5-3-1-2-4-8-6-9(15)7-10(11)12(8,11)14/h6,10H,1-5,7H2/t10-,11-,12+/m1/s1. The molecule has 15 heavy (non-hydrogen) atoms. The van der Waals surface area contributed by atoms with E-state index in [4.69, 9.17) is 23.2 Å². The normalized spacial score (nSPS) is 48.8. The van der Waals surface area contributed by atoms with E-state index in [9.17, 15) is 4.79 Å². The zero-order valence-electron chi connectivity index (χ0n) is 8.56. The van der Waals surface area contributed by atoms with Crippen LogP contribution >= 0.6 is 23.2 Å². The van der Waals surface area contributed by atoms with Gasteiger partial charge in [0.15, 0.2) is 5.78 Å². The molecule has 0 aliphatic heterocycles. The highest BCUT2D eigenvalue weighted by Crippen LogP contribution is 2.73. The summed E-state index contributed by atoms with van der Waals surface area (Å²) in [6.45, 7) is 0. The molecular weight excluding hydrogens is 231 g/mol. The molecule has 82 valence electrons. The minimum atomic E-state index is -0.372. The lowest BCUT2D eigenvalue weighted by Gasteiger charge is -2.22. The maximum Gasteiger partial charge on any atom is 0.156 e. The van der Waals surface area contributed by atoms with Crippen molar-refractivity contribution in [2.45, 2.75) is 48.3 Å². The average molecular weight is 245 g/mol. The number of alkyl halides is 2. The lowest BCUT2D eigenvalue weighted by Crippen LogP contribution is -2.21. The van der Waals surface area contributed by atoms with E-state index in [2.05, 4.69) is 0 Å². The third kappa shape index (κ3) is 1.14. The van der Waals surface area contributed by atoms with Crippen LogP contribution in [-0.4, -0.2) is 15.5 Å².